The van der Waals surface area contributed by atoms with Crippen molar-refractivity contribution in [3.63, 3.8) is 0 Å². The average molecular weight is 390 g/mol. The third kappa shape index (κ3) is 3.75. The number of halogens is 2. The summed E-state index contributed by atoms with van der Waals surface area (Å²) in [6.07, 6.45) is 2.32. The molecule has 0 bridgehead atoms. The molecule has 0 saturated carbocycles. The summed E-state index contributed by atoms with van der Waals surface area (Å²) in [7, 11) is 1.60. The minimum Gasteiger partial charge on any atom is -0.394 e. The number of anilines is 3. The second-order valence-corrected chi connectivity index (χ2v) is 6.88. The van der Waals surface area contributed by atoms with Crippen molar-refractivity contribution < 1.29 is 13.9 Å². The number of aliphatic hydroxyl groups excluding tert-OH is 1. The van der Waals surface area contributed by atoms with Crippen molar-refractivity contribution in [2.45, 2.75) is 39.3 Å². The van der Waals surface area contributed by atoms with Crippen LogP contribution < -0.4 is 10.2 Å². The lowest BCUT2D eigenvalue weighted by atomic mass is 10.2. The van der Waals surface area contributed by atoms with Crippen LogP contribution in [0.5, 0.6) is 0 Å². The van der Waals surface area contributed by atoms with Gasteiger partial charge in [-0.25, -0.2) is 13.8 Å². The van der Waals surface area contributed by atoms with Crippen molar-refractivity contribution in [1.29, 1.82) is 0 Å². The Morgan fingerprint density at radius 3 is 2.64 bits per heavy atom. The lowest BCUT2D eigenvalue weighted by molar-refractivity contribution is 0.271. The highest BCUT2D eigenvalue weighted by molar-refractivity contribution is 5.87. The van der Waals surface area contributed by atoms with Crippen molar-refractivity contribution in [3.05, 3.63) is 36.2 Å². The summed E-state index contributed by atoms with van der Waals surface area (Å²) in [5, 5.41) is 12.6. The van der Waals surface area contributed by atoms with Gasteiger partial charge < -0.3 is 19.9 Å². The fraction of sp³-hybridized carbons (Fsp3) is 0.421. The lowest BCUT2D eigenvalue weighted by Gasteiger charge is -2.21. The number of nitrogens with one attached hydrogen (secondary N) is 1. The summed E-state index contributed by atoms with van der Waals surface area (Å²) in [5.41, 5.74) is 1.08. The molecule has 0 spiro atoms. The first-order valence-corrected chi connectivity index (χ1v) is 9.16. The summed E-state index contributed by atoms with van der Waals surface area (Å²) < 4.78 is 29.9. The molecule has 28 heavy (non-hydrogen) atoms. The van der Waals surface area contributed by atoms with Gasteiger partial charge in [-0.3, -0.25) is 0 Å². The number of fused-ring (bicyclic) bond motifs is 1. The maximum absolute atomic E-state index is 14.3. The molecule has 0 amide bonds. The molecule has 7 nitrogen and oxygen atoms in total. The Bertz CT molecular complexity index is 970. The minimum atomic E-state index is -0.574. The zero-order chi connectivity index (χ0) is 20.4. The van der Waals surface area contributed by atoms with Gasteiger partial charge in [-0.15, -0.1) is 0 Å². The van der Waals surface area contributed by atoms with Gasteiger partial charge in [0.25, 0.3) is 0 Å². The van der Waals surface area contributed by atoms with E-state index in [-0.39, 0.29) is 30.3 Å². The maximum atomic E-state index is 14.3. The summed E-state index contributed by atoms with van der Waals surface area (Å²) >= 11 is 0. The lowest BCUT2D eigenvalue weighted by Crippen LogP contribution is -2.25. The normalized spacial score (nSPS) is 12.6. The van der Waals surface area contributed by atoms with Gasteiger partial charge in [-0.1, -0.05) is 6.92 Å². The van der Waals surface area contributed by atoms with Gasteiger partial charge in [0.2, 0.25) is 5.95 Å². The van der Waals surface area contributed by atoms with Gasteiger partial charge >= 0.3 is 0 Å². The van der Waals surface area contributed by atoms with E-state index >= 15 is 0 Å². The van der Waals surface area contributed by atoms with Gasteiger partial charge in [-0.05, 0) is 32.4 Å². The second kappa shape index (κ2) is 8.05. The summed E-state index contributed by atoms with van der Waals surface area (Å²) in [5.74, 6) is -0.500. The molecule has 0 fully saturated rings. The smallest absolute Gasteiger partial charge is 0.227 e. The van der Waals surface area contributed by atoms with Crippen molar-refractivity contribution in [3.8, 4) is 0 Å². The monoisotopic (exact) mass is 390 g/mol. The number of rotatable bonds is 7. The van der Waals surface area contributed by atoms with E-state index in [1.165, 1.54) is 4.90 Å². The molecule has 150 valence electrons. The third-order valence-electron chi connectivity index (χ3n) is 4.59. The van der Waals surface area contributed by atoms with E-state index in [1.54, 1.807) is 13.4 Å². The first kappa shape index (κ1) is 19.9. The van der Waals surface area contributed by atoms with Crippen LogP contribution >= 0.6 is 0 Å². The van der Waals surface area contributed by atoms with Crippen LogP contribution in [0.2, 0.25) is 0 Å². The van der Waals surface area contributed by atoms with Crippen LogP contribution in [0.4, 0.5) is 26.2 Å². The van der Waals surface area contributed by atoms with Gasteiger partial charge in [0.05, 0.1) is 24.7 Å². The predicted octanol–water partition coefficient (Wildman–Crippen LogP) is 3.64. The second-order valence-electron chi connectivity index (χ2n) is 6.88. The Morgan fingerprint density at radius 1 is 1.25 bits per heavy atom. The van der Waals surface area contributed by atoms with Crippen molar-refractivity contribution in [1.82, 2.24) is 19.5 Å². The number of benzene rings is 1. The van der Waals surface area contributed by atoms with Gasteiger partial charge in [0.15, 0.2) is 17.0 Å². The van der Waals surface area contributed by atoms with Crippen LogP contribution in [-0.4, -0.2) is 44.3 Å². The molecule has 3 rings (SSSR count). The topological polar surface area (TPSA) is 79.1 Å². The number of imidazole rings is 1. The van der Waals surface area contributed by atoms with Crippen LogP contribution in [0.1, 0.15) is 33.2 Å². The minimum absolute atomic E-state index is 0.0410. The first-order valence-electron chi connectivity index (χ1n) is 9.16. The fourth-order valence-corrected chi connectivity index (χ4v) is 2.89. The molecule has 2 N–H and O–H groups in total. The van der Waals surface area contributed by atoms with Crippen LogP contribution in [0, 0.1) is 11.6 Å². The number of aromatic nitrogens is 4. The van der Waals surface area contributed by atoms with E-state index in [9.17, 15) is 13.9 Å². The Balaban J connectivity index is 2.17. The standard InChI is InChI=1S/C19H24F2N6O/c1-5-13(9-28)23-19-24-17(16-18(25-19)27(10-22-16)11(2)3)26(4)15-8-12(20)6-7-14(15)21/h6-8,10-11,13,28H,5,9H2,1-4H3,(H,23,24,25). The molecular formula is C19H24F2N6O. The highest BCUT2D eigenvalue weighted by Crippen LogP contribution is 2.32. The fourth-order valence-electron chi connectivity index (χ4n) is 2.89. The number of hydrogen-bond acceptors (Lipinski definition) is 6. The van der Waals surface area contributed by atoms with E-state index in [0.717, 1.165) is 18.2 Å². The Morgan fingerprint density at radius 2 is 2.00 bits per heavy atom. The number of nitrogens with zero attached hydrogens (tertiary/aromatic N) is 5. The molecule has 0 saturated heterocycles. The van der Waals surface area contributed by atoms with Gasteiger partial charge in [-0.2, -0.15) is 9.97 Å². The number of aliphatic hydroxyl groups is 1. The Hall–Kier alpha value is -2.81. The number of hydrogen-bond donors (Lipinski definition) is 2. The first-order chi connectivity index (χ1) is 13.3. The van der Waals surface area contributed by atoms with Gasteiger partial charge in [0, 0.05) is 19.2 Å². The Kier molecular flexibility index (Phi) is 5.73. The molecule has 1 aromatic carbocycles. The van der Waals surface area contributed by atoms with Crippen LogP contribution in [0.25, 0.3) is 11.2 Å². The van der Waals surface area contributed by atoms with E-state index in [2.05, 4.69) is 20.3 Å². The zero-order valence-corrected chi connectivity index (χ0v) is 16.3. The van der Waals surface area contributed by atoms with E-state index in [0.29, 0.717) is 23.4 Å². The average Bonchev–Trinajstić information content (AvgIpc) is 3.11. The predicted molar refractivity (Wildman–Crippen MR) is 105 cm³/mol. The molecule has 3 aromatic rings. The SMILES string of the molecule is CCC(CO)Nc1nc(N(C)c2cc(F)ccc2F)c2ncn(C(C)C)c2n1. The van der Waals surface area contributed by atoms with Crippen LogP contribution in [0.3, 0.4) is 0 Å². The summed E-state index contributed by atoms with van der Waals surface area (Å²) in [6, 6.07) is 3.12. The highest BCUT2D eigenvalue weighted by Gasteiger charge is 2.21. The van der Waals surface area contributed by atoms with Crippen molar-refractivity contribution in [2.24, 2.45) is 0 Å². The molecule has 9 heteroatoms. The van der Waals surface area contributed by atoms with Crippen molar-refractivity contribution in [2.75, 3.05) is 23.9 Å². The Labute approximate surface area is 162 Å². The van der Waals surface area contributed by atoms with E-state index in [1.807, 2.05) is 25.3 Å². The van der Waals surface area contributed by atoms with Gasteiger partial charge in [0.1, 0.15) is 11.6 Å². The maximum Gasteiger partial charge on any atom is 0.227 e. The molecule has 0 aliphatic heterocycles. The zero-order valence-electron chi connectivity index (χ0n) is 16.3. The molecule has 2 aromatic heterocycles. The quantitative estimate of drug-likeness (QED) is 0.641. The molecular weight excluding hydrogens is 366 g/mol. The highest BCUT2D eigenvalue weighted by atomic mass is 19.1. The molecule has 0 radical (unpaired) electrons. The van der Waals surface area contributed by atoms with Crippen molar-refractivity contribution >= 4 is 28.6 Å². The molecule has 0 aliphatic carbocycles. The molecule has 1 atom stereocenters. The molecule has 2 heterocycles. The largest absolute Gasteiger partial charge is 0.394 e. The molecule has 1 unspecified atom stereocenters. The summed E-state index contributed by atoms with van der Waals surface area (Å²) in [6.45, 7) is 5.84. The molecule has 0 aliphatic rings. The van der Waals surface area contributed by atoms with Crippen LogP contribution in [0.15, 0.2) is 24.5 Å². The van der Waals surface area contributed by atoms with E-state index in [4.69, 9.17) is 0 Å². The van der Waals surface area contributed by atoms with E-state index < -0.39 is 11.6 Å². The summed E-state index contributed by atoms with van der Waals surface area (Å²) in [4.78, 5) is 14.9. The van der Waals surface area contributed by atoms with Crippen LogP contribution in [-0.2, 0) is 0 Å². The third-order valence-corrected chi connectivity index (χ3v) is 4.59.